The van der Waals surface area contributed by atoms with Crippen LogP contribution in [0.1, 0.15) is 19.4 Å². The molecule has 1 heterocycles. The van der Waals surface area contributed by atoms with Gasteiger partial charge in [0.05, 0.1) is 16.0 Å². The van der Waals surface area contributed by atoms with Gasteiger partial charge in [-0.2, -0.15) is 0 Å². The summed E-state index contributed by atoms with van der Waals surface area (Å²) in [4.78, 5) is 27.4. The summed E-state index contributed by atoms with van der Waals surface area (Å²) in [5.41, 5.74) is 0.506. The number of halogens is 2. The summed E-state index contributed by atoms with van der Waals surface area (Å²) >= 11 is 9.45. The monoisotopic (exact) mass is 506 g/mol. The van der Waals surface area contributed by atoms with Crippen molar-refractivity contribution in [2.45, 2.75) is 26.0 Å². The van der Waals surface area contributed by atoms with Crippen molar-refractivity contribution in [1.82, 2.24) is 10.3 Å². The molecule has 0 saturated heterocycles. The van der Waals surface area contributed by atoms with Crippen LogP contribution in [0.3, 0.4) is 0 Å². The van der Waals surface area contributed by atoms with Crippen LogP contribution in [0.4, 0.5) is 16.2 Å². The number of rotatable bonds is 7. The first-order valence-electron chi connectivity index (χ1n) is 9.32. The minimum Gasteiger partial charge on any atom is -0.445 e. The highest BCUT2D eigenvalue weighted by molar-refractivity contribution is 9.10. The fourth-order valence-electron chi connectivity index (χ4n) is 2.93. The van der Waals surface area contributed by atoms with Crippen molar-refractivity contribution in [2.24, 2.45) is 0 Å². The normalized spacial score (nSPS) is 11.2. The molecule has 3 aromatic rings. The highest BCUT2D eigenvalue weighted by Gasteiger charge is 2.27. The van der Waals surface area contributed by atoms with E-state index in [1.54, 1.807) is 32.0 Å². The molecule has 10 heteroatoms. The molecule has 0 atom stereocenters. The van der Waals surface area contributed by atoms with Crippen LogP contribution < -0.4 is 10.6 Å². The van der Waals surface area contributed by atoms with Gasteiger partial charge in [-0.1, -0.05) is 57.9 Å². The fourth-order valence-corrected chi connectivity index (χ4v) is 3.54. The smallest absolute Gasteiger partial charge is 0.407 e. The summed E-state index contributed by atoms with van der Waals surface area (Å²) < 4.78 is 6.03. The first kappa shape index (κ1) is 22.8. The Balaban J connectivity index is 1.75. The van der Waals surface area contributed by atoms with Crippen molar-refractivity contribution in [1.29, 1.82) is 0 Å². The first-order valence-corrected chi connectivity index (χ1v) is 10.5. The molecule has 2 aromatic carbocycles. The van der Waals surface area contributed by atoms with Crippen molar-refractivity contribution in [3.8, 4) is 0 Å². The van der Waals surface area contributed by atoms with Crippen molar-refractivity contribution in [3.63, 3.8) is 0 Å². The van der Waals surface area contributed by atoms with Crippen LogP contribution in [0, 0.1) is 10.1 Å². The number of amides is 1. The zero-order chi connectivity index (χ0) is 22.6. The zero-order valence-electron chi connectivity index (χ0n) is 16.8. The number of pyridine rings is 1. The van der Waals surface area contributed by atoms with Gasteiger partial charge in [0.15, 0.2) is 0 Å². The lowest BCUT2D eigenvalue weighted by Gasteiger charge is -2.27. The Labute approximate surface area is 192 Å². The topological polar surface area (TPSA) is 106 Å². The van der Waals surface area contributed by atoms with Gasteiger partial charge in [0.25, 0.3) is 0 Å². The molecule has 0 bridgehead atoms. The van der Waals surface area contributed by atoms with Gasteiger partial charge in [0.2, 0.25) is 5.15 Å². The molecule has 0 aliphatic heterocycles. The van der Waals surface area contributed by atoms with E-state index in [1.807, 2.05) is 30.3 Å². The number of anilines is 1. The average Bonchev–Trinajstić information content (AvgIpc) is 2.70. The second-order valence-electron chi connectivity index (χ2n) is 7.47. The number of fused-ring (bicyclic) bond motifs is 1. The number of alkyl carbamates (subject to hydrolysis) is 1. The van der Waals surface area contributed by atoms with E-state index in [4.69, 9.17) is 16.3 Å². The molecule has 1 amide bonds. The molecule has 2 N–H and O–H groups in total. The largest absolute Gasteiger partial charge is 0.445 e. The van der Waals surface area contributed by atoms with Gasteiger partial charge < -0.3 is 15.4 Å². The maximum atomic E-state index is 12.2. The molecule has 162 valence electrons. The minimum absolute atomic E-state index is 0.140. The summed E-state index contributed by atoms with van der Waals surface area (Å²) in [5.74, 6) is 0. The molecule has 0 unspecified atom stereocenters. The minimum atomic E-state index is -0.779. The van der Waals surface area contributed by atoms with Crippen LogP contribution in [0.5, 0.6) is 0 Å². The van der Waals surface area contributed by atoms with Crippen LogP contribution in [0.25, 0.3) is 10.9 Å². The van der Waals surface area contributed by atoms with Gasteiger partial charge in [-0.3, -0.25) is 10.1 Å². The molecular weight excluding hydrogens is 488 g/mol. The third-order valence-electron chi connectivity index (χ3n) is 4.42. The van der Waals surface area contributed by atoms with Crippen molar-refractivity contribution in [2.75, 3.05) is 11.9 Å². The lowest BCUT2D eigenvalue weighted by atomic mass is 10.1. The molecular formula is C21H20BrClN4O4. The third-order valence-corrected chi connectivity index (χ3v) is 5.18. The second kappa shape index (κ2) is 9.49. The lowest BCUT2D eigenvalue weighted by Crippen LogP contribution is -2.48. The molecule has 1 aromatic heterocycles. The van der Waals surface area contributed by atoms with Gasteiger partial charge in [-0.25, -0.2) is 9.78 Å². The van der Waals surface area contributed by atoms with E-state index >= 15 is 0 Å². The maximum Gasteiger partial charge on any atom is 0.407 e. The summed E-state index contributed by atoms with van der Waals surface area (Å²) in [6, 6.07) is 14.5. The predicted molar refractivity (Wildman–Crippen MR) is 123 cm³/mol. The van der Waals surface area contributed by atoms with E-state index in [9.17, 15) is 14.9 Å². The van der Waals surface area contributed by atoms with E-state index in [0.717, 1.165) is 10.0 Å². The summed E-state index contributed by atoms with van der Waals surface area (Å²) in [6.45, 7) is 3.87. The van der Waals surface area contributed by atoms with Gasteiger partial charge in [-0.15, -0.1) is 0 Å². The number of ether oxygens (including phenoxy) is 1. The van der Waals surface area contributed by atoms with Crippen LogP contribution in [-0.2, 0) is 11.3 Å². The second-order valence-corrected chi connectivity index (χ2v) is 8.74. The van der Waals surface area contributed by atoms with E-state index in [0.29, 0.717) is 10.9 Å². The number of nitrogens with zero attached hydrogens (tertiary/aromatic N) is 2. The van der Waals surface area contributed by atoms with Gasteiger partial charge >= 0.3 is 11.8 Å². The molecule has 8 nitrogen and oxygen atoms in total. The highest BCUT2D eigenvalue weighted by atomic mass is 79.9. The molecule has 0 aliphatic carbocycles. The predicted octanol–water partition coefficient (Wildman–Crippen LogP) is 5.68. The molecule has 0 radical (unpaired) electrons. The standard InChI is InChI=1S/C21H20BrClN4O4/c1-21(2,26-20(28)31-11-13-6-4-3-5-7-13)12-24-17-15-9-8-14(22)10-16(15)25-19(23)18(17)27(29)30/h3-10H,11-12H2,1-2H3,(H,24,25)(H,26,28). The Morgan fingerprint density at radius 1 is 1.26 bits per heavy atom. The lowest BCUT2D eigenvalue weighted by molar-refractivity contribution is -0.384. The highest BCUT2D eigenvalue weighted by Crippen LogP contribution is 2.38. The van der Waals surface area contributed by atoms with Gasteiger partial charge in [0, 0.05) is 16.4 Å². The van der Waals surface area contributed by atoms with Crippen LogP contribution in [0.2, 0.25) is 5.15 Å². The number of carbonyl (C=O) groups excluding carboxylic acids is 1. The fraction of sp³-hybridized carbons (Fsp3) is 0.238. The molecule has 0 spiro atoms. The Morgan fingerprint density at radius 2 is 1.97 bits per heavy atom. The van der Waals surface area contributed by atoms with Crippen LogP contribution in [0.15, 0.2) is 53.0 Å². The Morgan fingerprint density at radius 3 is 2.65 bits per heavy atom. The SMILES string of the molecule is CC(C)(CNc1c([N+](=O)[O-])c(Cl)nc2cc(Br)ccc12)NC(=O)OCc1ccccc1. The average molecular weight is 508 g/mol. The van der Waals surface area contributed by atoms with Crippen molar-refractivity contribution < 1.29 is 14.5 Å². The Hall–Kier alpha value is -2.91. The van der Waals surface area contributed by atoms with Crippen molar-refractivity contribution in [3.05, 3.63) is 73.8 Å². The summed E-state index contributed by atoms with van der Waals surface area (Å²) in [6.07, 6.45) is -0.591. The number of hydrogen-bond acceptors (Lipinski definition) is 6. The van der Waals surface area contributed by atoms with E-state index in [-0.39, 0.29) is 29.7 Å². The zero-order valence-corrected chi connectivity index (χ0v) is 19.2. The van der Waals surface area contributed by atoms with Crippen molar-refractivity contribution >= 4 is 55.9 Å². The summed E-state index contributed by atoms with van der Waals surface area (Å²) in [7, 11) is 0. The number of benzene rings is 2. The molecule has 0 aliphatic rings. The maximum absolute atomic E-state index is 12.2. The quantitative estimate of drug-likeness (QED) is 0.242. The molecule has 0 saturated carbocycles. The van der Waals surface area contributed by atoms with Crippen LogP contribution in [-0.4, -0.2) is 28.1 Å². The Kier molecular flexibility index (Phi) is 6.97. The third kappa shape index (κ3) is 5.83. The van der Waals surface area contributed by atoms with Gasteiger partial charge in [-0.05, 0) is 37.6 Å². The number of hydrogen-bond donors (Lipinski definition) is 2. The molecule has 0 fully saturated rings. The number of nitro groups is 1. The Bertz CT molecular complexity index is 1130. The van der Waals surface area contributed by atoms with Crippen LogP contribution >= 0.6 is 27.5 Å². The summed E-state index contributed by atoms with van der Waals surface area (Å²) in [5, 5.41) is 17.8. The van der Waals surface area contributed by atoms with Gasteiger partial charge in [0.1, 0.15) is 12.3 Å². The number of nitrogens with one attached hydrogen (secondary N) is 2. The van der Waals surface area contributed by atoms with E-state index in [2.05, 4.69) is 31.5 Å². The molecule has 3 rings (SSSR count). The number of carbonyl (C=O) groups is 1. The number of aromatic nitrogens is 1. The van der Waals surface area contributed by atoms with E-state index in [1.165, 1.54) is 0 Å². The van der Waals surface area contributed by atoms with E-state index < -0.39 is 16.6 Å². The molecule has 31 heavy (non-hydrogen) atoms. The first-order chi connectivity index (χ1) is 14.7.